The van der Waals surface area contributed by atoms with Gasteiger partial charge < -0.3 is 10.5 Å². The van der Waals surface area contributed by atoms with Crippen molar-refractivity contribution in [2.75, 3.05) is 6.61 Å². The summed E-state index contributed by atoms with van der Waals surface area (Å²) in [5.74, 6) is 1.51. The van der Waals surface area contributed by atoms with Crippen LogP contribution < -0.4 is 10.5 Å². The molecule has 2 N–H and O–H groups in total. The summed E-state index contributed by atoms with van der Waals surface area (Å²) in [6.07, 6.45) is 3.30. The van der Waals surface area contributed by atoms with E-state index in [0.29, 0.717) is 5.92 Å². The van der Waals surface area contributed by atoms with Crippen molar-refractivity contribution < 1.29 is 4.74 Å². The summed E-state index contributed by atoms with van der Waals surface area (Å²) in [5.41, 5.74) is 7.51. The van der Waals surface area contributed by atoms with Crippen molar-refractivity contribution >= 4 is 0 Å². The van der Waals surface area contributed by atoms with E-state index in [-0.39, 0.29) is 6.04 Å². The minimum absolute atomic E-state index is 0.278. The van der Waals surface area contributed by atoms with Gasteiger partial charge in [-0.15, -0.1) is 0 Å². The average Bonchev–Trinajstić information content (AvgIpc) is 2.28. The van der Waals surface area contributed by atoms with Crippen molar-refractivity contribution in [1.82, 2.24) is 0 Å². The van der Waals surface area contributed by atoms with E-state index < -0.39 is 0 Å². The van der Waals surface area contributed by atoms with Crippen LogP contribution in [-0.4, -0.2) is 12.6 Å². The van der Waals surface area contributed by atoms with Gasteiger partial charge in [0.15, 0.2) is 0 Å². The van der Waals surface area contributed by atoms with Gasteiger partial charge in [-0.05, 0) is 24.5 Å². The molecule has 0 bridgehead atoms. The predicted molar refractivity (Wildman–Crippen MR) is 62.2 cm³/mol. The Bertz CT molecular complexity index is 324. The third kappa shape index (κ3) is 2.15. The first-order chi connectivity index (χ1) is 7.33. The molecule has 1 aromatic carbocycles. The highest BCUT2D eigenvalue weighted by atomic mass is 16.5. The Morgan fingerprint density at radius 1 is 1.47 bits per heavy atom. The van der Waals surface area contributed by atoms with E-state index in [9.17, 15) is 0 Å². The Hall–Kier alpha value is -1.02. The summed E-state index contributed by atoms with van der Waals surface area (Å²) in [7, 11) is 0. The molecule has 1 aromatic rings. The SMILES string of the molecule is CCC[C@H](N)C1CCOc2ccccc21. The molecule has 1 unspecified atom stereocenters. The zero-order valence-corrected chi connectivity index (χ0v) is 9.28. The van der Waals surface area contributed by atoms with E-state index in [1.165, 1.54) is 5.56 Å². The quantitative estimate of drug-likeness (QED) is 0.823. The second-order valence-electron chi connectivity index (χ2n) is 4.23. The van der Waals surface area contributed by atoms with Gasteiger partial charge in [0.2, 0.25) is 0 Å². The molecule has 0 aromatic heterocycles. The minimum Gasteiger partial charge on any atom is -0.493 e. The van der Waals surface area contributed by atoms with Gasteiger partial charge in [-0.1, -0.05) is 31.5 Å². The van der Waals surface area contributed by atoms with Crippen LogP contribution in [0.5, 0.6) is 5.75 Å². The molecule has 0 aliphatic carbocycles. The van der Waals surface area contributed by atoms with Gasteiger partial charge in [-0.3, -0.25) is 0 Å². The van der Waals surface area contributed by atoms with Crippen molar-refractivity contribution in [3.8, 4) is 5.75 Å². The van der Waals surface area contributed by atoms with Crippen LogP contribution in [0.1, 0.15) is 37.7 Å². The number of fused-ring (bicyclic) bond motifs is 1. The average molecular weight is 205 g/mol. The second kappa shape index (κ2) is 4.67. The maximum Gasteiger partial charge on any atom is 0.122 e. The van der Waals surface area contributed by atoms with Crippen molar-refractivity contribution in [2.45, 2.75) is 38.1 Å². The minimum atomic E-state index is 0.278. The van der Waals surface area contributed by atoms with E-state index in [1.54, 1.807) is 0 Å². The lowest BCUT2D eigenvalue weighted by Gasteiger charge is -2.30. The summed E-state index contributed by atoms with van der Waals surface area (Å²) in [4.78, 5) is 0. The maximum atomic E-state index is 6.22. The molecule has 0 radical (unpaired) electrons. The third-order valence-electron chi connectivity index (χ3n) is 3.14. The highest BCUT2D eigenvalue weighted by molar-refractivity contribution is 5.38. The van der Waals surface area contributed by atoms with Crippen LogP contribution >= 0.6 is 0 Å². The third-order valence-corrected chi connectivity index (χ3v) is 3.14. The number of para-hydroxylation sites is 1. The van der Waals surface area contributed by atoms with Crippen molar-refractivity contribution in [1.29, 1.82) is 0 Å². The number of nitrogens with two attached hydrogens (primary N) is 1. The van der Waals surface area contributed by atoms with E-state index in [4.69, 9.17) is 10.5 Å². The fraction of sp³-hybridized carbons (Fsp3) is 0.538. The molecule has 0 fully saturated rings. The molecular weight excluding hydrogens is 186 g/mol. The summed E-state index contributed by atoms with van der Waals surface area (Å²) in [5, 5.41) is 0. The molecule has 0 spiro atoms. The molecule has 2 nitrogen and oxygen atoms in total. The normalized spacial score (nSPS) is 21.6. The largest absolute Gasteiger partial charge is 0.493 e. The molecule has 2 rings (SSSR count). The fourth-order valence-electron chi connectivity index (χ4n) is 2.35. The highest BCUT2D eigenvalue weighted by Crippen LogP contribution is 2.35. The Kier molecular flexibility index (Phi) is 3.27. The Morgan fingerprint density at radius 3 is 3.07 bits per heavy atom. The molecule has 1 aliphatic rings. The highest BCUT2D eigenvalue weighted by Gasteiger charge is 2.25. The molecule has 1 heterocycles. The van der Waals surface area contributed by atoms with Crippen LogP contribution in [-0.2, 0) is 0 Å². The maximum absolute atomic E-state index is 6.22. The Balaban J connectivity index is 2.21. The zero-order chi connectivity index (χ0) is 10.7. The molecule has 0 saturated heterocycles. The molecule has 2 heteroatoms. The lowest BCUT2D eigenvalue weighted by molar-refractivity contribution is 0.252. The van der Waals surface area contributed by atoms with E-state index in [1.807, 2.05) is 12.1 Å². The van der Waals surface area contributed by atoms with Gasteiger partial charge in [0.05, 0.1) is 6.61 Å². The van der Waals surface area contributed by atoms with Crippen molar-refractivity contribution in [2.24, 2.45) is 5.73 Å². The van der Waals surface area contributed by atoms with Gasteiger partial charge >= 0.3 is 0 Å². The molecular formula is C13H19NO. The van der Waals surface area contributed by atoms with E-state index >= 15 is 0 Å². The Labute approximate surface area is 91.4 Å². The molecule has 0 amide bonds. The van der Waals surface area contributed by atoms with Crippen molar-refractivity contribution in [3.63, 3.8) is 0 Å². The van der Waals surface area contributed by atoms with Crippen molar-refractivity contribution in [3.05, 3.63) is 29.8 Å². The number of hydrogen-bond acceptors (Lipinski definition) is 2. The van der Waals surface area contributed by atoms with Crippen LogP contribution in [0.4, 0.5) is 0 Å². The number of ether oxygens (including phenoxy) is 1. The van der Waals surface area contributed by atoms with Crippen LogP contribution in [0.2, 0.25) is 0 Å². The van der Waals surface area contributed by atoms with Crippen LogP contribution in [0.15, 0.2) is 24.3 Å². The fourth-order valence-corrected chi connectivity index (χ4v) is 2.35. The molecule has 2 atom stereocenters. The predicted octanol–water partition coefficient (Wildman–Crippen LogP) is 2.68. The summed E-state index contributed by atoms with van der Waals surface area (Å²) in [6, 6.07) is 8.56. The standard InChI is InChI=1S/C13H19NO/c1-2-5-12(14)10-8-9-15-13-7-4-3-6-11(10)13/h3-4,6-7,10,12H,2,5,8-9,14H2,1H3/t10?,12-/m0/s1. The van der Waals surface area contributed by atoms with Gasteiger partial charge in [-0.25, -0.2) is 0 Å². The molecule has 15 heavy (non-hydrogen) atoms. The van der Waals surface area contributed by atoms with E-state index in [2.05, 4.69) is 19.1 Å². The lowest BCUT2D eigenvalue weighted by Crippen LogP contribution is -2.31. The second-order valence-corrected chi connectivity index (χ2v) is 4.23. The summed E-state index contributed by atoms with van der Waals surface area (Å²) < 4.78 is 5.63. The summed E-state index contributed by atoms with van der Waals surface area (Å²) >= 11 is 0. The van der Waals surface area contributed by atoms with Gasteiger partial charge in [0, 0.05) is 12.0 Å². The lowest BCUT2D eigenvalue weighted by atomic mass is 9.85. The Morgan fingerprint density at radius 2 is 2.27 bits per heavy atom. The molecule has 1 aliphatic heterocycles. The first-order valence-corrected chi connectivity index (χ1v) is 5.80. The smallest absolute Gasteiger partial charge is 0.122 e. The summed E-state index contributed by atoms with van der Waals surface area (Å²) in [6.45, 7) is 2.99. The van der Waals surface area contributed by atoms with Crippen LogP contribution in [0, 0.1) is 0 Å². The first-order valence-electron chi connectivity index (χ1n) is 5.80. The molecule has 82 valence electrons. The van der Waals surface area contributed by atoms with Gasteiger partial charge in [-0.2, -0.15) is 0 Å². The number of hydrogen-bond donors (Lipinski definition) is 1. The van der Waals surface area contributed by atoms with Gasteiger partial charge in [0.25, 0.3) is 0 Å². The monoisotopic (exact) mass is 205 g/mol. The van der Waals surface area contributed by atoms with Crippen LogP contribution in [0.25, 0.3) is 0 Å². The number of benzene rings is 1. The van der Waals surface area contributed by atoms with Gasteiger partial charge in [0.1, 0.15) is 5.75 Å². The zero-order valence-electron chi connectivity index (χ0n) is 9.28. The molecule has 0 saturated carbocycles. The van der Waals surface area contributed by atoms with Crippen LogP contribution in [0.3, 0.4) is 0 Å². The topological polar surface area (TPSA) is 35.2 Å². The number of rotatable bonds is 3. The van der Waals surface area contributed by atoms with E-state index in [0.717, 1.165) is 31.6 Å². The first kappa shape index (κ1) is 10.5.